The van der Waals surface area contributed by atoms with Crippen LogP contribution < -0.4 is 5.56 Å². The van der Waals surface area contributed by atoms with Crippen molar-refractivity contribution in [2.45, 2.75) is 32.8 Å². The van der Waals surface area contributed by atoms with Crippen molar-refractivity contribution in [3.05, 3.63) is 93.4 Å². The first-order valence-electron chi connectivity index (χ1n) is 11.3. The van der Waals surface area contributed by atoms with Crippen LogP contribution in [0.1, 0.15) is 37.0 Å². The van der Waals surface area contributed by atoms with E-state index in [-0.39, 0.29) is 5.56 Å². The topological polar surface area (TPSA) is 79.4 Å². The quantitative estimate of drug-likeness (QED) is 0.276. The van der Waals surface area contributed by atoms with Gasteiger partial charge in [0, 0.05) is 29.5 Å². The maximum atomic E-state index is 12.5. The molecule has 0 aliphatic rings. The van der Waals surface area contributed by atoms with Crippen LogP contribution in [0.4, 0.5) is 0 Å². The molecule has 6 heteroatoms. The Hall–Kier alpha value is -3.41. The second-order valence-corrected chi connectivity index (χ2v) is 8.66. The molecule has 0 radical (unpaired) electrons. The minimum Gasteiger partial charge on any atom is -0.479 e. The number of hydrogen-bond acceptors (Lipinski definition) is 3. The van der Waals surface area contributed by atoms with Gasteiger partial charge in [-0.3, -0.25) is 4.79 Å². The molecule has 0 saturated heterocycles. The van der Waals surface area contributed by atoms with E-state index in [2.05, 4.69) is 4.98 Å². The molecule has 0 spiro atoms. The summed E-state index contributed by atoms with van der Waals surface area (Å²) in [5.41, 5.74) is 4.53. The lowest BCUT2D eigenvalue weighted by Gasteiger charge is -2.25. The monoisotopic (exact) mass is 475 g/mol. The number of halogens is 1. The van der Waals surface area contributed by atoms with Gasteiger partial charge >= 0.3 is 5.97 Å². The highest BCUT2D eigenvalue weighted by atomic mass is 35.5. The minimum absolute atomic E-state index is 0.199. The Balaban J connectivity index is 2.11. The van der Waals surface area contributed by atoms with Gasteiger partial charge in [-0.25, -0.2) is 4.79 Å². The summed E-state index contributed by atoms with van der Waals surface area (Å²) in [7, 11) is 0. The summed E-state index contributed by atoms with van der Waals surface area (Å²) in [5.74, 6) is -1.04. The molecule has 0 saturated carbocycles. The molecule has 1 heterocycles. The number of rotatable bonds is 8. The standard InChI is InChI=1S/C28H26ClNO4/c1-3-4-15-34-27(28(32)33)25-17(2)24(19-11-14-23(31)30-16-19)21-7-5-6-8-22(21)26(25)18-9-12-20(29)13-10-18/h5-14,16,27H,3-4,15H2,1-2H3,(H,30,31)(H,32,33). The SMILES string of the molecule is CCCCOC(C(=O)O)c1c(C)c(-c2ccc(=O)[nH]c2)c2ccccc2c1-c1ccc(Cl)cc1. The molecule has 34 heavy (non-hydrogen) atoms. The van der Waals surface area contributed by atoms with Gasteiger partial charge in [0.2, 0.25) is 5.56 Å². The zero-order valence-electron chi connectivity index (χ0n) is 19.1. The lowest BCUT2D eigenvalue weighted by atomic mass is 9.82. The maximum absolute atomic E-state index is 12.5. The van der Waals surface area contributed by atoms with E-state index >= 15 is 0 Å². The van der Waals surface area contributed by atoms with Crippen LogP contribution in [0.5, 0.6) is 0 Å². The van der Waals surface area contributed by atoms with Crippen LogP contribution in [-0.4, -0.2) is 22.7 Å². The molecule has 0 aliphatic heterocycles. The van der Waals surface area contributed by atoms with Gasteiger partial charge in [0.1, 0.15) is 0 Å². The van der Waals surface area contributed by atoms with Crippen molar-refractivity contribution in [2.75, 3.05) is 6.61 Å². The summed E-state index contributed by atoms with van der Waals surface area (Å²) in [4.78, 5) is 27.0. The molecule has 1 atom stereocenters. The zero-order chi connectivity index (χ0) is 24.2. The molecule has 174 valence electrons. The van der Waals surface area contributed by atoms with E-state index in [4.69, 9.17) is 16.3 Å². The molecule has 0 aliphatic carbocycles. The van der Waals surface area contributed by atoms with E-state index in [0.29, 0.717) is 17.2 Å². The van der Waals surface area contributed by atoms with Gasteiger partial charge in [-0.05, 0) is 70.1 Å². The fourth-order valence-electron chi connectivity index (χ4n) is 4.41. The van der Waals surface area contributed by atoms with Crippen molar-refractivity contribution < 1.29 is 14.6 Å². The third-order valence-corrected chi connectivity index (χ3v) is 6.24. The number of H-pyrrole nitrogens is 1. The Morgan fingerprint density at radius 2 is 1.65 bits per heavy atom. The zero-order valence-corrected chi connectivity index (χ0v) is 19.9. The maximum Gasteiger partial charge on any atom is 0.337 e. The van der Waals surface area contributed by atoms with Gasteiger partial charge < -0.3 is 14.8 Å². The van der Waals surface area contributed by atoms with Crippen LogP contribution in [0.25, 0.3) is 33.0 Å². The average Bonchev–Trinajstić information content (AvgIpc) is 2.83. The Morgan fingerprint density at radius 1 is 1.00 bits per heavy atom. The van der Waals surface area contributed by atoms with Crippen molar-refractivity contribution >= 4 is 28.3 Å². The lowest BCUT2D eigenvalue weighted by Crippen LogP contribution is -2.19. The van der Waals surface area contributed by atoms with E-state index in [1.807, 2.05) is 50.2 Å². The number of carbonyl (C=O) groups is 1. The third kappa shape index (κ3) is 4.63. The number of pyridine rings is 1. The summed E-state index contributed by atoms with van der Waals surface area (Å²) in [5, 5.41) is 12.7. The average molecular weight is 476 g/mol. The van der Waals surface area contributed by atoms with Gasteiger partial charge in [-0.15, -0.1) is 0 Å². The molecule has 3 aromatic carbocycles. The largest absolute Gasteiger partial charge is 0.479 e. The fourth-order valence-corrected chi connectivity index (χ4v) is 4.53. The summed E-state index contributed by atoms with van der Waals surface area (Å²) in [6.07, 6.45) is 2.18. The van der Waals surface area contributed by atoms with Gasteiger partial charge in [-0.1, -0.05) is 61.3 Å². The highest BCUT2D eigenvalue weighted by Crippen LogP contribution is 2.44. The number of carboxylic acid groups (broad SMARTS) is 1. The highest BCUT2D eigenvalue weighted by molar-refractivity contribution is 6.30. The predicted molar refractivity (Wildman–Crippen MR) is 136 cm³/mol. The Morgan fingerprint density at radius 3 is 2.24 bits per heavy atom. The number of aliphatic carboxylic acids is 1. The Labute approximate surface area is 203 Å². The third-order valence-electron chi connectivity index (χ3n) is 5.99. The highest BCUT2D eigenvalue weighted by Gasteiger charge is 2.30. The minimum atomic E-state index is -1.15. The number of unbranched alkanes of at least 4 members (excludes halogenated alkanes) is 1. The molecule has 0 bridgehead atoms. The van der Waals surface area contributed by atoms with Crippen LogP contribution in [-0.2, 0) is 9.53 Å². The number of fused-ring (bicyclic) bond motifs is 1. The number of hydrogen-bond donors (Lipinski definition) is 2. The first-order chi connectivity index (χ1) is 16.4. The smallest absolute Gasteiger partial charge is 0.337 e. The summed E-state index contributed by atoms with van der Waals surface area (Å²) < 4.78 is 5.97. The predicted octanol–water partition coefficient (Wildman–Crippen LogP) is 6.77. The number of ether oxygens (including phenoxy) is 1. The number of aromatic amines is 1. The Kier molecular flexibility index (Phi) is 7.15. The molecule has 4 rings (SSSR count). The van der Waals surface area contributed by atoms with Crippen LogP contribution in [0, 0.1) is 6.92 Å². The number of nitrogens with one attached hydrogen (secondary N) is 1. The van der Waals surface area contributed by atoms with Crippen LogP contribution in [0.2, 0.25) is 5.02 Å². The molecule has 5 nitrogen and oxygen atoms in total. The van der Waals surface area contributed by atoms with Crippen molar-refractivity contribution in [3.8, 4) is 22.3 Å². The molecular formula is C28H26ClNO4. The van der Waals surface area contributed by atoms with Crippen LogP contribution in [0.15, 0.2) is 71.7 Å². The molecule has 4 aromatic rings. The van der Waals surface area contributed by atoms with E-state index in [1.54, 1.807) is 24.4 Å². The van der Waals surface area contributed by atoms with Crippen molar-refractivity contribution in [3.63, 3.8) is 0 Å². The van der Waals surface area contributed by atoms with Crippen LogP contribution in [0.3, 0.4) is 0 Å². The normalized spacial score (nSPS) is 12.1. The van der Waals surface area contributed by atoms with E-state index in [9.17, 15) is 14.7 Å². The fraction of sp³-hybridized carbons (Fsp3) is 0.214. The molecule has 0 fully saturated rings. The van der Waals surface area contributed by atoms with Gasteiger partial charge in [0.05, 0.1) is 0 Å². The molecule has 2 N–H and O–H groups in total. The van der Waals surface area contributed by atoms with E-state index in [0.717, 1.165) is 51.4 Å². The van der Waals surface area contributed by atoms with Gasteiger partial charge in [-0.2, -0.15) is 0 Å². The number of aromatic nitrogens is 1. The molecular weight excluding hydrogens is 450 g/mol. The molecule has 1 unspecified atom stereocenters. The van der Waals surface area contributed by atoms with Crippen LogP contribution >= 0.6 is 11.6 Å². The van der Waals surface area contributed by atoms with Gasteiger partial charge in [0.25, 0.3) is 0 Å². The Bertz CT molecular complexity index is 1370. The van der Waals surface area contributed by atoms with Crippen molar-refractivity contribution in [2.24, 2.45) is 0 Å². The number of carboxylic acids is 1. The van der Waals surface area contributed by atoms with Crippen molar-refractivity contribution in [1.29, 1.82) is 0 Å². The summed E-state index contributed by atoms with van der Waals surface area (Å²) in [6.45, 7) is 4.29. The van der Waals surface area contributed by atoms with Gasteiger partial charge in [0.15, 0.2) is 6.10 Å². The van der Waals surface area contributed by atoms with Crippen molar-refractivity contribution in [1.82, 2.24) is 4.98 Å². The number of benzene rings is 3. The molecule has 0 amide bonds. The summed E-state index contributed by atoms with van der Waals surface area (Å²) >= 11 is 6.16. The van der Waals surface area contributed by atoms with E-state index < -0.39 is 12.1 Å². The lowest BCUT2D eigenvalue weighted by molar-refractivity contribution is -0.151. The van der Waals surface area contributed by atoms with E-state index in [1.165, 1.54) is 6.07 Å². The second kappa shape index (κ2) is 10.2. The second-order valence-electron chi connectivity index (χ2n) is 8.23. The molecule has 1 aromatic heterocycles. The first-order valence-corrected chi connectivity index (χ1v) is 11.6. The summed E-state index contributed by atoms with van der Waals surface area (Å²) in [6, 6.07) is 18.5. The first kappa shape index (κ1) is 23.7.